The first-order valence-corrected chi connectivity index (χ1v) is 5.77. The standard InChI is InChI=1S/C14H16FNO2/c1-10-3-5-13(18-10)9-16-8-11-4-6-12(17-2)7-14(11)15/h3-7,16H,8-9H2,1-2H3. The van der Waals surface area contributed by atoms with Crippen molar-refractivity contribution >= 4 is 0 Å². The average molecular weight is 249 g/mol. The summed E-state index contributed by atoms with van der Waals surface area (Å²) in [5.74, 6) is 1.99. The van der Waals surface area contributed by atoms with Gasteiger partial charge >= 0.3 is 0 Å². The Bertz CT molecular complexity index is 522. The lowest BCUT2D eigenvalue weighted by Crippen LogP contribution is -2.13. The topological polar surface area (TPSA) is 34.4 Å². The maximum atomic E-state index is 13.6. The minimum absolute atomic E-state index is 0.266. The highest BCUT2D eigenvalue weighted by atomic mass is 19.1. The molecule has 4 heteroatoms. The Labute approximate surface area is 106 Å². The molecule has 96 valence electrons. The highest BCUT2D eigenvalue weighted by Crippen LogP contribution is 2.16. The van der Waals surface area contributed by atoms with E-state index in [9.17, 15) is 4.39 Å². The summed E-state index contributed by atoms with van der Waals surface area (Å²) in [6, 6.07) is 8.66. The summed E-state index contributed by atoms with van der Waals surface area (Å²) < 4.78 is 24.0. The van der Waals surface area contributed by atoms with E-state index in [2.05, 4.69) is 5.32 Å². The van der Waals surface area contributed by atoms with Gasteiger partial charge in [-0.1, -0.05) is 6.07 Å². The van der Waals surface area contributed by atoms with Crippen LogP contribution in [-0.2, 0) is 13.1 Å². The Morgan fingerprint density at radius 1 is 1.22 bits per heavy atom. The molecule has 0 aliphatic carbocycles. The SMILES string of the molecule is COc1ccc(CNCc2ccc(C)o2)c(F)c1. The van der Waals surface area contributed by atoms with Gasteiger partial charge in [-0.25, -0.2) is 4.39 Å². The Morgan fingerprint density at radius 3 is 2.67 bits per heavy atom. The molecule has 0 fully saturated rings. The second kappa shape index (κ2) is 5.69. The van der Waals surface area contributed by atoms with Crippen molar-refractivity contribution in [3.8, 4) is 5.75 Å². The molecule has 1 aromatic heterocycles. The molecule has 1 heterocycles. The first-order chi connectivity index (χ1) is 8.69. The molecule has 0 unspecified atom stereocenters. The van der Waals surface area contributed by atoms with Crippen LogP contribution in [0.25, 0.3) is 0 Å². The minimum Gasteiger partial charge on any atom is -0.497 e. The van der Waals surface area contributed by atoms with Crippen molar-refractivity contribution in [3.63, 3.8) is 0 Å². The molecule has 3 nitrogen and oxygen atoms in total. The number of hydrogen-bond donors (Lipinski definition) is 1. The van der Waals surface area contributed by atoms with Crippen molar-refractivity contribution in [2.24, 2.45) is 0 Å². The second-order valence-corrected chi connectivity index (χ2v) is 4.07. The van der Waals surface area contributed by atoms with Crippen LogP contribution in [0.4, 0.5) is 4.39 Å². The molecule has 0 aliphatic rings. The number of rotatable bonds is 5. The Balaban J connectivity index is 1.90. The van der Waals surface area contributed by atoms with Gasteiger partial charge in [0.2, 0.25) is 0 Å². The van der Waals surface area contributed by atoms with Gasteiger partial charge in [-0.3, -0.25) is 0 Å². The molecule has 1 aromatic carbocycles. The number of furan rings is 1. The zero-order valence-corrected chi connectivity index (χ0v) is 10.5. The minimum atomic E-state index is -0.266. The molecule has 0 saturated carbocycles. The quantitative estimate of drug-likeness (QED) is 0.884. The number of benzene rings is 1. The monoisotopic (exact) mass is 249 g/mol. The molecule has 18 heavy (non-hydrogen) atoms. The smallest absolute Gasteiger partial charge is 0.131 e. The summed E-state index contributed by atoms with van der Waals surface area (Å²) in [5.41, 5.74) is 0.610. The Morgan fingerprint density at radius 2 is 2.06 bits per heavy atom. The summed E-state index contributed by atoms with van der Waals surface area (Å²) in [4.78, 5) is 0. The van der Waals surface area contributed by atoms with Crippen molar-refractivity contribution in [1.82, 2.24) is 5.32 Å². The molecule has 0 atom stereocenters. The van der Waals surface area contributed by atoms with Crippen LogP contribution in [-0.4, -0.2) is 7.11 Å². The highest BCUT2D eigenvalue weighted by Gasteiger charge is 2.04. The van der Waals surface area contributed by atoms with Gasteiger partial charge in [-0.15, -0.1) is 0 Å². The number of halogens is 1. The number of ether oxygens (including phenoxy) is 1. The van der Waals surface area contributed by atoms with Gasteiger partial charge in [0.05, 0.1) is 13.7 Å². The van der Waals surface area contributed by atoms with E-state index >= 15 is 0 Å². The van der Waals surface area contributed by atoms with Crippen molar-refractivity contribution < 1.29 is 13.5 Å². The van der Waals surface area contributed by atoms with Crippen LogP contribution in [0.2, 0.25) is 0 Å². The van der Waals surface area contributed by atoms with Crippen LogP contribution in [0.5, 0.6) is 5.75 Å². The maximum absolute atomic E-state index is 13.6. The third-order valence-corrected chi connectivity index (χ3v) is 2.67. The van der Waals surface area contributed by atoms with E-state index in [1.54, 1.807) is 12.1 Å². The van der Waals surface area contributed by atoms with E-state index < -0.39 is 0 Å². The van der Waals surface area contributed by atoms with Crippen LogP contribution >= 0.6 is 0 Å². The van der Waals surface area contributed by atoms with Gasteiger partial charge in [0.25, 0.3) is 0 Å². The summed E-state index contributed by atoms with van der Waals surface area (Å²) in [6.07, 6.45) is 0. The number of hydrogen-bond acceptors (Lipinski definition) is 3. The van der Waals surface area contributed by atoms with E-state index in [0.29, 0.717) is 24.4 Å². The van der Waals surface area contributed by atoms with Gasteiger partial charge in [-0.2, -0.15) is 0 Å². The van der Waals surface area contributed by atoms with Gasteiger partial charge in [0.15, 0.2) is 0 Å². The molecule has 0 saturated heterocycles. The lowest BCUT2D eigenvalue weighted by molar-refractivity contribution is 0.410. The zero-order chi connectivity index (χ0) is 13.0. The van der Waals surface area contributed by atoms with Gasteiger partial charge in [0.1, 0.15) is 23.1 Å². The second-order valence-electron chi connectivity index (χ2n) is 4.07. The molecular formula is C14H16FNO2. The summed E-state index contributed by atoms with van der Waals surface area (Å²) in [6.45, 7) is 2.93. The van der Waals surface area contributed by atoms with E-state index in [1.807, 2.05) is 19.1 Å². The molecule has 0 amide bonds. The van der Waals surface area contributed by atoms with Crippen LogP contribution in [0.15, 0.2) is 34.7 Å². The van der Waals surface area contributed by atoms with Crippen molar-refractivity contribution in [2.45, 2.75) is 20.0 Å². The fourth-order valence-corrected chi connectivity index (χ4v) is 1.70. The molecule has 1 N–H and O–H groups in total. The zero-order valence-electron chi connectivity index (χ0n) is 10.5. The number of nitrogens with one attached hydrogen (secondary N) is 1. The predicted molar refractivity (Wildman–Crippen MR) is 66.9 cm³/mol. The van der Waals surface area contributed by atoms with E-state index in [0.717, 1.165) is 11.5 Å². The normalized spacial score (nSPS) is 10.6. The fourth-order valence-electron chi connectivity index (χ4n) is 1.70. The lowest BCUT2D eigenvalue weighted by Gasteiger charge is -2.06. The van der Waals surface area contributed by atoms with Crippen LogP contribution in [0.3, 0.4) is 0 Å². The van der Waals surface area contributed by atoms with Gasteiger partial charge in [0, 0.05) is 18.2 Å². The van der Waals surface area contributed by atoms with Gasteiger partial charge in [-0.05, 0) is 25.1 Å². The third kappa shape index (κ3) is 3.11. The van der Waals surface area contributed by atoms with Crippen LogP contribution in [0.1, 0.15) is 17.1 Å². The summed E-state index contributed by atoms with van der Waals surface area (Å²) in [7, 11) is 1.52. The highest BCUT2D eigenvalue weighted by molar-refractivity contribution is 5.28. The van der Waals surface area contributed by atoms with Crippen LogP contribution < -0.4 is 10.1 Å². The molecule has 2 aromatic rings. The first kappa shape index (κ1) is 12.6. The fraction of sp³-hybridized carbons (Fsp3) is 0.286. The Hall–Kier alpha value is -1.81. The summed E-state index contributed by atoms with van der Waals surface area (Å²) in [5, 5.41) is 3.14. The molecule has 2 rings (SSSR count). The van der Waals surface area contributed by atoms with Crippen molar-refractivity contribution in [2.75, 3.05) is 7.11 Å². The third-order valence-electron chi connectivity index (χ3n) is 2.67. The summed E-state index contributed by atoms with van der Waals surface area (Å²) >= 11 is 0. The predicted octanol–water partition coefficient (Wildman–Crippen LogP) is 3.03. The number of methoxy groups -OCH3 is 1. The van der Waals surface area contributed by atoms with E-state index in [1.165, 1.54) is 13.2 Å². The molecular weight excluding hydrogens is 233 g/mol. The largest absolute Gasteiger partial charge is 0.497 e. The van der Waals surface area contributed by atoms with Crippen molar-refractivity contribution in [3.05, 3.63) is 53.2 Å². The van der Waals surface area contributed by atoms with E-state index in [4.69, 9.17) is 9.15 Å². The Kier molecular flexibility index (Phi) is 3.99. The molecule has 0 bridgehead atoms. The maximum Gasteiger partial charge on any atom is 0.131 e. The molecule has 0 radical (unpaired) electrons. The molecule has 0 aliphatic heterocycles. The van der Waals surface area contributed by atoms with Gasteiger partial charge < -0.3 is 14.5 Å². The molecule has 0 spiro atoms. The number of aryl methyl sites for hydroxylation is 1. The van der Waals surface area contributed by atoms with Crippen LogP contribution in [0, 0.1) is 12.7 Å². The lowest BCUT2D eigenvalue weighted by atomic mass is 10.2. The van der Waals surface area contributed by atoms with E-state index in [-0.39, 0.29) is 5.82 Å². The first-order valence-electron chi connectivity index (χ1n) is 5.77. The average Bonchev–Trinajstić information content (AvgIpc) is 2.77. The van der Waals surface area contributed by atoms with Crippen molar-refractivity contribution in [1.29, 1.82) is 0 Å².